The van der Waals surface area contributed by atoms with E-state index in [1.54, 1.807) is 0 Å². The number of hydrogen-bond donors (Lipinski definition) is 0. The Labute approximate surface area is 118 Å². The van der Waals surface area contributed by atoms with Crippen LogP contribution in [0.4, 0.5) is 0 Å². The first-order chi connectivity index (χ1) is 9.28. The van der Waals surface area contributed by atoms with Gasteiger partial charge in [0.25, 0.3) is 0 Å². The summed E-state index contributed by atoms with van der Waals surface area (Å²) in [6, 6.07) is 2.38. The molecule has 0 heterocycles. The molecule has 2 aliphatic carbocycles. The molecule has 0 aromatic carbocycles. The van der Waals surface area contributed by atoms with Gasteiger partial charge in [-0.15, -0.1) is 0 Å². The summed E-state index contributed by atoms with van der Waals surface area (Å²) in [5, 5.41) is 8.86. The Hall–Kier alpha value is -0.550. The van der Waals surface area contributed by atoms with Gasteiger partial charge >= 0.3 is 0 Å². The fourth-order valence-electron chi connectivity index (χ4n) is 3.60. The van der Waals surface area contributed by atoms with E-state index in [0.717, 1.165) is 44.1 Å². The molecule has 2 nitrogen and oxygen atoms in total. The first kappa shape index (κ1) is 14.9. The van der Waals surface area contributed by atoms with Gasteiger partial charge in [0.2, 0.25) is 0 Å². The Bertz CT molecular complexity index is 280. The third-order valence-electron chi connectivity index (χ3n) is 5.10. The molecule has 0 amide bonds. The Morgan fingerprint density at radius 1 is 1.00 bits per heavy atom. The number of nitrogens with zero attached hydrogens (tertiary/aromatic N) is 1. The summed E-state index contributed by atoms with van der Waals surface area (Å²) in [6.07, 6.45) is 13.1. The van der Waals surface area contributed by atoms with Crippen molar-refractivity contribution >= 4 is 0 Å². The lowest BCUT2D eigenvalue weighted by molar-refractivity contribution is 0.0188. The van der Waals surface area contributed by atoms with Gasteiger partial charge < -0.3 is 4.74 Å². The molecule has 0 N–H and O–H groups in total. The summed E-state index contributed by atoms with van der Waals surface area (Å²) < 4.78 is 5.98. The molecule has 0 aliphatic heterocycles. The quantitative estimate of drug-likeness (QED) is 0.674. The minimum absolute atomic E-state index is 0.295. The van der Waals surface area contributed by atoms with Crippen LogP contribution in [0, 0.1) is 29.1 Å². The van der Waals surface area contributed by atoms with Gasteiger partial charge in [-0.05, 0) is 50.4 Å². The van der Waals surface area contributed by atoms with Crippen molar-refractivity contribution in [1.29, 1.82) is 5.26 Å². The van der Waals surface area contributed by atoms with Crippen molar-refractivity contribution in [2.75, 3.05) is 6.61 Å². The molecule has 0 bridgehead atoms. The highest BCUT2D eigenvalue weighted by atomic mass is 16.5. The van der Waals surface area contributed by atoms with Crippen LogP contribution in [0.15, 0.2) is 0 Å². The van der Waals surface area contributed by atoms with Gasteiger partial charge in [0.15, 0.2) is 0 Å². The topological polar surface area (TPSA) is 33.0 Å². The van der Waals surface area contributed by atoms with Gasteiger partial charge in [0.05, 0.1) is 12.2 Å². The van der Waals surface area contributed by atoms with Gasteiger partial charge in [-0.3, -0.25) is 0 Å². The lowest BCUT2D eigenvalue weighted by Gasteiger charge is -2.27. The van der Waals surface area contributed by atoms with Gasteiger partial charge in [-0.1, -0.05) is 32.6 Å². The molecule has 2 fully saturated rings. The van der Waals surface area contributed by atoms with Crippen molar-refractivity contribution in [1.82, 2.24) is 0 Å². The van der Waals surface area contributed by atoms with Crippen LogP contribution in [0.1, 0.15) is 71.1 Å². The summed E-state index contributed by atoms with van der Waals surface area (Å²) in [6.45, 7) is 3.32. The van der Waals surface area contributed by atoms with E-state index in [2.05, 4.69) is 13.0 Å². The normalized spacial score (nSPS) is 35.8. The van der Waals surface area contributed by atoms with Gasteiger partial charge in [0.1, 0.15) is 0 Å². The molecule has 2 aliphatic rings. The molecule has 19 heavy (non-hydrogen) atoms. The molecule has 2 rings (SSSR count). The van der Waals surface area contributed by atoms with E-state index in [-0.39, 0.29) is 0 Å². The number of rotatable bonds is 5. The zero-order valence-electron chi connectivity index (χ0n) is 12.4. The Morgan fingerprint density at radius 2 is 1.68 bits per heavy atom. The second-order valence-electron chi connectivity index (χ2n) is 6.74. The van der Waals surface area contributed by atoms with Crippen LogP contribution in [-0.4, -0.2) is 12.7 Å². The maximum atomic E-state index is 8.86. The maximum absolute atomic E-state index is 8.86. The highest BCUT2D eigenvalue weighted by Gasteiger charge is 2.21. The molecule has 0 aromatic rings. The molecular weight excluding hydrogens is 234 g/mol. The second-order valence-corrected chi connectivity index (χ2v) is 6.74. The number of nitriles is 1. The third-order valence-corrected chi connectivity index (χ3v) is 5.10. The summed E-state index contributed by atoms with van der Waals surface area (Å²) >= 11 is 0. The Kier molecular flexibility index (Phi) is 6.17. The van der Waals surface area contributed by atoms with E-state index in [4.69, 9.17) is 10.00 Å². The fraction of sp³-hybridized carbons (Fsp3) is 0.941. The van der Waals surface area contributed by atoms with Crippen molar-refractivity contribution in [3.63, 3.8) is 0 Å². The summed E-state index contributed by atoms with van der Waals surface area (Å²) in [5.41, 5.74) is 0. The molecule has 0 saturated heterocycles. The van der Waals surface area contributed by atoms with Crippen LogP contribution >= 0.6 is 0 Å². The molecule has 0 atom stereocenters. The van der Waals surface area contributed by atoms with E-state index >= 15 is 0 Å². The molecule has 2 saturated carbocycles. The third kappa shape index (κ3) is 5.15. The molecule has 0 radical (unpaired) electrons. The summed E-state index contributed by atoms with van der Waals surface area (Å²) in [7, 11) is 0. The van der Waals surface area contributed by atoms with E-state index in [9.17, 15) is 0 Å². The first-order valence-corrected chi connectivity index (χ1v) is 8.29. The number of ether oxygens (including phenoxy) is 1. The fourth-order valence-corrected chi connectivity index (χ4v) is 3.60. The van der Waals surface area contributed by atoms with Crippen molar-refractivity contribution < 1.29 is 4.74 Å². The first-order valence-electron chi connectivity index (χ1n) is 8.29. The van der Waals surface area contributed by atoms with Gasteiger partial charge in [0, 0.05) is 12.5 Å². The predicted octanol–water partition coefficient (Wildman–Crippen LogP) is 4.69. The van der Waals surface area contributed by atoms with Crippen LogP contribution in [-0.2, 0) is 4.74 Å². The molecule has 0 aromatic heterocycles. The lowest BCUT2D eigenvalue weighted by atomic mass is 9.81. The maximum Gasteiger partial charge on any atom is 0.0655 e. The predicted molar refractivity (Wildman–Crippen MR) is 77.7 cm³/mol. The van der Waals surface area contributed by atoms with E-state index in [0.29, 0.717) is 12.0 Å². The average Bonchev–Trinajstić information content (AvgIpc) is 2.46. The highest BCUT2D eigenvalue weighted by molar-refractivity contribution is 4.87. The average molecular weight is 263 g/mol. The number of hydrogen-bond acceptors (Lipinski definition) is 2. The largest absolute Gasteiger partial charge is 0.378 e. The SMILES string of the molecule is CC1CCC(CCCOC2CCC(C#N)CC2)CC1. The van der Waals surface area contributed by atoms with Crippen molar-refractivity contribution in [2.24, 2.45) is 17.8 Å². The molecule has 0 unspecified atom stereocenters. The smallest absolute Gasteiger partial charge is 0.0655 e. The van der Waals surface area contributed by atoms with E-state index in [1.165, 1.54) is 38.5 Å². The molecule has 108 valence electrons. The van der Waals surface area contributed by atoms with Crippen LogP contribution in [0.2, 0.25) is 0 Å². The van der Waals surface area contributed by atoms with Crippen LogP contribution in [0.3, 0.4) is 0 Å². The van der Waals surface area contributed by atoms with Crippen LogP contribution in [0.25, 0.3) is 0 Å². The molecule has 0 spiro atoms. The Balaban J connectivity index is 1.49. The van der Waals surface area contributed by atoms with Gasteiger partial charge in [-0.25, -0.2) is 0 Å². The van der Waals surface area contributed by atoms with Crippen molar-refractivity contribution in [2.45, 2.75) is 77.2 Å². The second kappa shape index (κ2) is 7.90. The minimum atomic E-state index is 0.295. The van der Waals surface area contributed by atoms with Gasteiger partial charge in [-0.2, -0.15) is 5.26 Å². The van der Waals surface area contributed by atoms with E-state index < -0.39 is 0 Å². The molecular formula is C17H29NO. The van der Waals surface area contributed by atoms with Crippen LogP contribution < -0.4 is 0 Å². The molecule has 2 heteroatoms. The summed E-state index contributed by atoms with van der Waals surface area (Å²) in [4.78, 5) is 0. The Morgan fingerprint density at radius 3 is 2.32 bits per heavy atom. The lowest BCUT2D eigenvalue weighted by Crippen LogP contribution is -2.21. The summed E-state index contributed by atoms with van der Waals surface area (Å²) in [5.74, 6) is 2.22. The van der Waals surface area contributed by atoms with Crippen molar-refractivity contribution in [3.05, 3.63) is 0 Å². The standard InChI is InChI=1S/C17H29NO/c1-14-4-6-15(7-5-14)3-2-12-19-17-10-8-16(13-18)9-11-17/h14-17H,2-12H2,1H3. The zero-order chi connectivity index (χ0) is 13.5. The van der Waals surface area contributed by atoms with E-state index in [1.807, 2.05) is 0 Å². The minimum Gasteiger partial charge on any atom is -0.378 e. The monoisotopic (exact) mass is 263 g/mol. The highest BCUT2D eigenvalue weighted by Crippen LogP contribution is 2.31. The van der Waals surface area contributed by atoms with Crippen molar-refractivity contribution in [3.8, 4) is 6.07 Å². The van der Waals surface area contributed by atoms with Crippen LogP contribution in [0.5, 0.6) is 0 Å². The zero-order valence-corrected chi connectivity index (χ0v) is 12.4.